The van der Waals surface area contributed by atoms with E-state index >= 15 is 0 Å². The van der Waals surface area contributed by atoms with Crippen LogP contribution in [-0.2, 0) is 0 Å². The van der Waals surface area contributed by atoms with Crippen molar-refractivity contribution in [1.82, 2.24) is 25.0 Å². The Hall–Kier alpha value is -2.94. The second kappa shape index (κ2) is 9.05. The molecule has 0 fully saturated rings. The zero-order valence-electron chi connectivity index (χ0n) is 14.6. The summed E-state index contributed by atoms with van der Waals surface area (Å²) in [4.78, 5) is 37.5. The summed E-state index contributed by atoms with van der Waals surface area (Å²) in [6.45, 7) is 0. The summed E-state index contributed by atoms with van der Waals surface area (Å²) in [5.74, 6) is 0.0811. The molecule has 0 bridgehead atoms. The number of nitriles is 1. The number of aromatic nitrogens is 5. The Balaban J connectivity index is 0.00000272. The molecular weight excluding hydrogens is 458 g/mol. The summed E-state index contributed by atoms with van der Waals surface area (Å²) in [7, 11) is 0. The van der Waals surface area contributed by atoms with Gasteiger partial charge in [0.15, 0.2) is 5.75 Å². The van der Waals surface area contributed by atoms with Crippen LogP contribution in [0.4, 0.5) is 0 Å². The molecule has 4 aromatic rings. The van der Waals surface area contributed by atoms with Crippen LogP contribution in [0.5, 0.6) is 11.6 Å². The molecular formula is C18H9Cl2N6NaO4. The molecule has 4 rings (SSSR count). The Morgan fingerprint density at radius 2 is 1.68 bits per heavy atom. The Morgan fingerprint density at radius 1 is 1.03 bits per heavy atom. The van der Waals surface area contributed by atoms with Gasteiger partial charge >= 0.3 is 35.2 Å². The number of hydrogen-bond acceptors (Lipinski definition) is 7. The third-order valence-electron chi connectivity index (χ3n) is 4.02. The van der Waals surface area contributed by atoms with Crippen molar-refractivity contribution in [3.8, 4) is 23.4 Å². The van der Waals surface area contributed by atoms with E-state index < -0.39 is 16.9 Å². The molecule has 2 aromatic carbocycles. The SMILES string of the molecule is N#Cc1nn(-c2cc(Cl)c(Oc3n[nH]c(=O)c4ccccc34)c(Cl)c2)c(=O)[nH]c1=O.[NaH]. The molecule has 0 unspecified atom stereocenters. The van der Waals surface area contributed by atoms with Crippen LogP contribution in [0, 0.1) is 11.3 Å². The second-order valence-corrected chi connectivity index (χ2v) is 6.69. The van der Waals surface area contributed by atoms with E-state index in [4.69, 9.17) is 33.2 Å². The normalized spacial score (nSPS) is 10.4. The molecule has 150 valence electrons. The average molecular weight is 467 g/mol. The molecule has 2 N–H and O–H groups in total. The van der Waals surface area contributed by atoms with E-state index in [9.17, 15) is 14.4 Å². The maximum absolute atomic E-state index is 12.1. The molecule has 0 radical (unpaired) electrons. The summed E-state index contributed by atoms with van der Waals surface area (Å²) >= 11 is 12.6. The topological polar surface area (TPSA) is 147 Å². The van der Waals surface area contributed by atoms with Gasteiger partial charge in [-0.3, -0.25) is 14.6 Å². The number of aromatic amines is 2. The van der Waals surface area contributed by atoms with Gasteiger partial charge in [-0.1, -0.05) is 35.3 Å². The summed E-state index contributed by atoms with van der Waals surface area (Å²) < 4.78 is 6.50. The Kier molecular flexibility index (Phi) is 6.64. The second-order valence-electron chi connectivity index (χ2n) is 5.88. The third kappa shape index (κ3) is 4.27. The predicted molar refractivity (Wildman–Crippen MR) is 115 cm³/mol. The number of halogens is 2. The molecule has 2 heterocycles. The van der Waals surface area contributed by atoms with E-state index in [1.807, 2.05) is 4.98 Å². The molecule has 13 heteroatoms. The van der Waals surface area contributed by atoms with Crippen LogP contribution < -0.4 is 21.5 Å². The predicted octanol–water partition coefficient (Wildman–Crippen LogP) is 1.48. The number of fused-ring (bicyclic) bond motifs is 1. The molecule has 0 saturated heterocycles. The number of hydrogen-bond donors (Lipinski definition) is 2. The van der Waals surface area contributed by atoms with Gasteiger partial charge in [-0.15, -0.1) is 10.2 Å². The van der Waals surface area contributed by atoms with Gasteiger partial charge in [0.1, 0.15) is 6.07 Å². The van der Waals surface area contributed by atoms with E-state index in [0.29, 0.717) is 10.8 Å². The van der Waals surface area contributed by atoms with Crippen LogP contribution in [0.25, 0.3) is 16.5 Å². The first-order valence-corrected chi connectivity index (χ1v) is 8.93. The number of nitrogens with zero attached hydrogens (tertiary/aromatic N) is 4. The van der Waals surface area contributed by atoms with Gasteiger partial charge in [0.05, 0.1) is 26.5 Å². The van der Waals surface area contributed by atoms with Gasteiger partial charge in [0.2, 0.25) is 11.6 Å². The molecule has 10 nitrogen and oxygen atoms in total. The van der Waals surface area contributed by atoms with Crippen LogP contribution in [-0.4, -0.2) is 54.5 Å². The van der Waals surface area contributed by atoms with Gasteiger partial charge in [0.25, 0.3) is 11.1 Å². The molecule has 0 spiro atoms. The summed E-state index contributed by atoms with van der Waals surface area (Å²) in [5.41, 5.74) is -2.59. The summed E-state index contributed by atoms with van der Waals surface area (Å²) in [6.07, 6.45) is 0. The Morgan fingerprint density at radius 3 is 2.32 bits per heavy atom. The van der Waals surface area contributed by atoms with E-state index in [0.717, 1.165) is 4.68 Å². The van der Waals surface area contributed by atoms with Crippen LogP contribution in [0.3, 0.4) is 0 Å². The Bertz CT molecular complexity index is 1520. The quantitative estimate of drug-likeness (QED) is 0.434. The number of nitrogens with one attached hydrogen (secondary N) is 2. The van der Waals surface area contributed by atoms with Crippen molar-refractivity contribution < 1.29 is 4.74 Å². The van der Waals surface area contributed by atoms with Crippen LogP contribution >= 0.6 is 23.2 Å². The van der Waals surface area contributed by atoms with Gasteiger partial charge in [-0.25, -0.2) is 9.89 Å². The molecule has 0 aliphatic heterocycles. The number of ether oxygens (including phenoxy) is 1. The van der Waals surface area contributed by atoms with Crippen molar-refractivity contribution in [1.29, 1.82) is 5.26 Å². The Labute approximate surface area is 204 Å². The molecule has 0 amide bonds. The van der Waals surface area contributed by atoms with E-state index in [1.54, 1.807) is 30.3 Å². The van der Waals surface area contributed by atoms with Crippen LogP contribution in [0.15, 0.2) is 50.8 Å². The molecule has 2 aromatic heterocycles. The van der Waals surface area contributed by atoms with Crippen molar-refractivity contribution in [2.75, 3.05) is 0 Å². The van der Waals surface area contributed by atoms with Gasteiger partial charge in [-0.05, 0) is 24.3 Å². The van der Waals surface area contributed by atoms with Crippen molar-refractivity contribution >= 4 is 63.5 Å². The van der Waals surface area contributed by atoms with Crippen molar-refractivity contribution in [2.45, 2.75) is 0 Å². The van der Waals surface area contributed by atoms with Gasteiger partial charge < -0.3 is 4.74 Å². The zero-order chi connectivity index (χ0) is 21.4. The molecule has 0 atom stereocenters. The minimum atomic E-state index is -0.910. The number of H-pyrrole nitrogens is 2. The molecule has 0 saturated carbocycles. The minimum absolute atomic E-state index is 0. The maximum atomic E-state index is 12.1. The molecule has 0 aliphatic carbocycles. The molecule has 31 heavy (non-hydrogen) atoms. The van der Waals surface area contributed by atoms with Crippen LogP contribution in [0.1, 0.15) is 5.69 Å². The molecule has 0 aliphatic rings. The first-order valence-electron chi connectivity index (χ1n) is 8.17. The van der Waals surface area contributed by atoms with Crippen molar-refractivity contribution in [3.05, 3.63) is 83.3 Å². The first-order chi connectivity index (χ1) is 14.4. The van der Waals surface area contributed by atoms with E-state index in [-0.39, 0.29) is 62.5 Å². The fourth-order valence-corrected chi connectivity index (χ4v) is 3.23. The zero-order valence-corrected chi connectivity index (χ0v) is 16.2. The average Bonchev–Trinajstić information content (AvgIpc) is 2.72. The van der Waals surface area contributed by atoms with Crippen LogP contribution in [0.2, 0.25) is 10.0 Å². The fourth-order valence-electron chi connectivity index (χ4n) is 2.68. The monoisotopic (exact) mass is 466 g/mol. The van der Waals surface area contributed by atoms with Crippen molar-refractivity contribution in [2.24, 2.45) is 0 Å². The number of benzene rings is 2. The summed E-state index contributed by atoms with van der Waals surface area (Å²) in [5, 5.41) is 19.7. The fraction of sp³-hybridized carbons (Fsp3) is 0. The van der Waals surface area contributed by atoms with E-state index in [1.165, 1.54) is 12.1 Å². The van der Waals surface area contributed by atoms with Gasteiger partial charge in [-0.2, -0.15) is 9.94 Å². The summed E-state index contributed by atoms with van der Waals surface area (Å²) in [6, 6.07) is 10.9. The van der Waals surface area contributed by atoms with Gasteiger partial charge in [0, 0.05) is 0 Å². The number of rotatable bonds is 3. The first kappa shape index (κ1) is 22.7. The van der Waals surface area contributed by atoms with E-state index in [2.05, 4.69) is 15.3 Å². The van der Waals surface area contributed by atoms with Crippen molar-refractivity contribution in [3.63, 3.8) is 0 Å². The standard InChI is InChI=1S/C18H8Cl2N6O4.Na.H/c19-11-5-8(26-18(29)22-16(28)13(7-21)25-26)6-12(20)14(11)30-17-10-4-2-1-3-9(10)15(27)23-24-17;;/h1-6H,(H,23,27)(H,22,28,29);;. The third-order valence-corrected chi connectivity index (χ3v) is 4.58.